The Labute approximate surface area is 76.3 Å². The highest BCUT2D eigenvalue weighted by molar-refractivity contribution is 8.00. The number of primary amides is 1. The number of hydrogen-bond acceptors (Lipinski definition) is 4. The highest BCUT2D eigenvalue weighted by Crippen LogP contribution is 2.02. The fraction of sp³-hybridized carbons (Fsp3) is 0.714. The highest BCUT2D eigenvalue weighted by Gasteiger charge is 2.11. The van der Waals surface area contributed by atoms with Crippen molar-refractivity contribution in [3.8, 4) is 0 Å². The summed E-state index contributed by atoms with van der Waals surface area (Å²) in [6.07, 6.45) is 0. The van der Waals surface area contributed by atoms with Crippen LogP contribution in [0.25, 0.3) is 0 Å². The maximum Gasteiger partial charge on any atom is 0.235 e. The predicted octanol–water partition coefficient (Wildman–Crippen LogP) is -0.618. The van der Waals surface area contributed by atoms with Gasteiger partial charge >= 0.3 is 0 Å². The molecule has 70 valence electrons. The van der Waals surface area contributed by atoms with Gasteiger partial charge in [0.1, 0.15) is 5.78 Å². The Morgan fingerprint density at radius 1 is 1.58 bits per heavy atom. The number of ketones is 1. The zero-order valence-corrected chi connectivity index (χ0v) is 8.11. The third-order valence-corrected chi connectivity index (χ3v) is 2.46. The molecule has 0 aromatic carbocycles. The first-order valence-electron chi connectivity index (χ1n) is 3.61. The molecule has 0 aliphatic rings. The van der Waals surface area contributed by atoms with Gasteiger partial charge in [-0.1, -0.05) is 0 Å². The van der Waals surface area contributed by atoms with Gasteiger partial charge < -0.3 is 11.1 Å². The quantitative estimate of drug-likeness (QED) is 0.585. The molecule has 0 spiro atoms. The summed E-state index contributed by atoms with van der Waals surface area (Å²) in [6.45, 7) is 1.52. The molecule has 0 bridgehead atoms. The Morgan fingerprint density at radius 2 is 2.17 bits per heavy atom. The lowest BCUT2D eigenvalue weighted by molar-refractivity contribution is -0.119. The van der Waals surface area contributed by atoms with Gasteiger partial charge in [-0.2, -0.15) is 11.8 Å². The van der Waals surface area contributed by atoms with E-state index < -0.39 is 0 Å². The van der Waals surface area contributed by atoms with Gasteiger partial charge in [0.25, 0.3) is 0 Å². The van der Waals surface area contributed by atoms with Crippen LogP contribution in [0.5, 0.6) is 0 Å². The van der Waals surface area contributed by atoms with Crippen molar-refractivity contribution in [1.29, 1.82) is 0 Å². The van der Waals surface area contributed by atoms with Gasteiger partial charge in [-0.25, -0.2) is 0 Å². The van der Waals surface area contributed by atoms with Crippen LogP contribution in [0.4, 0.5) is 0 Å². The molecular formula is C7H14N2O2S. The lowest BCUT2D eigenvalue weighted by Gasteiger charge is -2.10. The molecule has 0 saturated carbocycles. The molecule has 0 saturated heterocycles. The summed E-state index contributed by atoms with van der Waals surface area (Å²) in [5.74, 6) is 0.713. The third-order valence-electron chi connectivity index (χ3n) is 1.28. The van der Waals surface area contributed by atoms with Gasteiger partial charge in [-0.05, 0) is 14.0 Å². The summed E-state index contributed by atoms with van der Waals surface area (Å²) < 4.78 is 0. The van der Waals surface area contributed by atoms with Crippen molar-refractivity contribution in [2.75, 3.05) is 18.6 Å². The number of nitrogens with two attached hydrogens (primary N) is 1. The fourth-order valence-electron chi connectivity index (χ4n) is 0.628. The molecule has 1 amide bonds. The molecule has 0 heterocycles. The Kier molecular flexibility index (Phi) is 5.74. The minimum Gasteiger partial charge on any atom is -0.368 e. The molecule has 3 N–H and O–H groups in total. The Hall–Kier alpha value is -0.550. The Bertz CT molecular complexity index is 173. The second-order valence-corrected chi connectivity index (χ2v) is 3.49. The van der Waals surface area contributed by atoms with Crippen LogP contribution in [0.1, 0.15) is 6.92 Å². The van der Waals surface area contributed by atoms with Crippen LogP contribution in [-0.4, -0.2) is 36.3 Å². The van der Waals surface area contributed by atoms with Crippen molar-refractivity contribution in [2.45, 2.75) is 13.0 Å². The SMILES string of the molecule is CN[C@@H](CSCC(C)=O)C(N)=O. The molecule has 0 rings (SSSR count). The molecule has 0 aromatic heterocycles. The van der Waals surface area contributed by atoms with Crippen LogP contribution in [0, 0.1) is 0 Å². The van der Waals surface area contributed by atoms with Crippen molar-refractivity contribution in [3.05, 3.63) is 0 Å². The van der Waals surface area contributed by atoms with Crippen molar-refractivity contribution in [2.24, 2.45) is 5.73 Å². The van der Waals surface area contributed by atoms with Gasteiger partial charge in [0.05, 0.1) is 11.8 Å². The smallest absolute Gasteiger partial charge is 0.235 e. The van der Waals surface area contributed by atoms with E-state index >= 15 is 0 Å². The number of nitrogens with one attached hydrogen (secondary N) is 1. The molecule has 5 heteroatoms. The van der Waals surface area contributed by atoms with Crippen LogP contribution in [0.3, 0.4) is 0 Å². The fourth-order valence-corrected chi connectivity index (χ4v) is 1.60. The van der Waals surface area contributed by atoms with Gasteiger partial charge in [0.2, 0.25) is 5.91 Å². The second-order valence-electron chi connectivity index (χ2n) is 2.46. The van der Waals surface area contributed by atoms with E-state index in [1.54, 1.807) is 7.05 Å². The van der Waals surface area contributed by atoms with Crippen LogP contribution >= 0.6 is 11.8 Å². The number of Topliss-reactive ketones (excluding diaryl/α,β-unsaturated/α-hetero) is 1. The van der Waals surface area contributed by atoms with Gasteiger partial charge in [0.15, 0.2) is 0 Å². The number of thioether (sulfide) groups is 1. The molecule has 12 heavy (non-hydrogen) atoms. The number of hydrogen-bond donors (Lipinski definition) is 2. The van der Waals surface area contributed by atoms with E-state index in [1.165, 1.54) is 18.7 Å². The molecule has 0 aliphatic heterocycles. The predicted molar refractivity (Wildman–Crippen MR) is 50.0 cm³/mol. The van der Waals surface area contributed by atoms with E-state index in [0.29, 0.717) is 11.5 Å². The van der Waals surface area contributed by atoms with E-state index in [1.807, 2.05) is 0 Å². The van der Waals surface area contributed by atoms with Crippen LogP contribution in [-0.2, 0) is 9.59 Å². The number of amides is 1. The molecular weight excluding hydrogens is 176 g/mol. The standard InChI is InChI=1S/C7H14N2O2S/c1-5(10)3-12-4-6(9-2)7(8)11/h6,9H,3-4H2,1-2H3,(H2,8,11)/t6-/m0/s1. The van der Waals surface area contributed by atoms with Crippen molar-refractivity contribution >= 4 is 23.5 Å². The van der Waals surface area contributed by atoms with Crippen LogP contribution in [0.15, 0.2) is 0 Å². The van der Waals surface area contributed by atoms with Crippen molar-refractivity contribution in [1.82, 2.24) is 5.32 Å². The third kappa shape index (κ3) is 5.15. The van der Waals surface area contributed by atoms with E-state index in [-0.39, 0.29) is 17.7 Å². The average molecular weight is 190 g/mol. The van der Waals surface area contributed by atoms with Crippen LogP contribution in [0.2, 0.25) is 0 Å². The van der Waals surface area contributed by atoms with E-state index in [4.69, 9.17) is 5.73 Å². The topological polar surface area (TPSA) is 72.2 Å². The van der Waals surface area contributed by atoms with Gasteiger partial charge in [0, 0.05) is 5.75 Å². The van der Waals surface area contributed by atoms with Gasteiger partial charge in [-0.15, -0.1) is 0 Å². The summed E-state index contributed by atoms with van der Waals surface area (Å²) in [6, 6.07) is -0.339. The number of carbonyl (C=O) groups is 2. The van der Waals surface area contributed by atoms with E-state index in [2.05, 4.69) is 5.32 Å². The molecule has 1 atom stereocenters. The summed E-state index contributed by atoms with van der Waals surface area (Å²) in [5.41, 5.74) is 5.06. The van der Waals surface area contributed by atoms with E-state index in [9.17, 15) is 9.59 Å². The minimum atomic E-state index is -0.381. The summed E-state index contributed by atoms with van der Waals surface area (Å²) >= 11 is 1.41. The Balaban J connectivity index is 3.59. The zero-order valence-electron chi connectivity index (χ0n) is 7.29. The first-order chi connectivity index (χ1) is 5.57. The summed E-state index contributed by atoms with van der Waals surface area (Å²) in [5, 5.41) is 2.77. The molecule has 4 nitrogen and oxygen atoms in total. The number of carbonyl (C=O) groups excluding carboxylic acids is 2. The van der Waals surface area contributed by atoms with E-state index in [0.717, 1.165) is 0 Å². The second kappa shape index (κ2) is 6.02. The Morgan fingerprint density at radius 3 is 2.50 bits per heavy atom. The monoisotopic (exact) mass is 190 g/mol. The largest absolute Gasteiger partial charge is 0.368 e. The summed E-state index contributed by atoms with van der Waals surface area (Å²) in [7, 11) is 1.67. The summed E-state index contributed by atoms with van der Waals surface area (Å²) in [4.78, 5) is 21.2. The number of rotatable bonds is 6. The molecule has 0 aromatic rings. The molecule has 0 radical (unpaired) electrons. The lowest BCUT2D eigenvalue weighted by atomic mass is 10.3. The van der Waals surface area contributed by atoms with Crippen LogP contribution < -0.4 is 11.1 Å². The molecule has 0 fully saturated rings. The highest BCUT2D eigenvalue weighted by atomic mass is 32.2. The minimum absolute atomic E-state index is 0.110. The van der Waals surface area contributed by atoms with Crippen molar-refractivity contribution in [3.63, 3.8) is 0 Å². The van der Waals surface area contributed by atoms with Gasteiger partial charge in [-0.3, -0.25) is 9.59 Å². The lowest BCUT2D eigenvalue weighted by Crippen LogP contribution is -2.41. The zero-order chi connectivity index (χ0) is 9.56. The van der Waals surface area contributed by atoms with Crippen molar-refractivity contribution < 1.29 is 9.59 Å². The molecule has 0 unspecified atom stereocenters. The average Bonchev–Trinajstić information content (AvgIpc) is 1.96. The normalized spacial score (nSPS) is 12.5. The first-order valence-corrected chi connectivity index (χ1v) is 4.77. The number of likely N-dealkylation sites (N-methyl/N-ethyl adjacent to an activating group) is 1. The maximum absolute atomic E-state index is 10.7. The first kappa shape index (κ1) is 11.4. The molecule has 0 aliphatic carbocycles. The maximum atomic E-state index is 10.7.